The molecule has 0 aromatic rings. The van der Waals surface area contributed by atoms with Crippen LogP contribution in [0.1, 0.15) is 124 Å². The molecular formula is C20H41O. The summed E-state index contributed by atoms with van der Waals surface area (Å²) in [6, 6.07) is 0. The topological polar surface area (TPSA) is 19.9 Å². The summed E-state index contributed by atoms with van der Waals surface area (Å²) >= 11 is 0. The van der Waals surface area contributed by atoms with Gasteiger partial charge >= 0.3 is 0 Å². The molecule has 0 saturated carbocycles. The summed E-state index contributed by atoms with van der Waals surface area (Å²) in [5, 5.41) is 12.9. The van der Waals surface area contributed by atoms with Crippen LogP contribution in [0.5, 0.6) is 0 Å². The van der Waals surface area contributed by atoms with E-state index in [1.54, 1.807) is 0 Å². The molecule has 21 heavy (non-hydrogen) atoms. The minimum atomic E-state index is -0.607. The first-order valence-corrected chi connectivity index (χ1v) is 9.89. The lowest BCUT2D eigenvalue weighted by Gasteiger charge is -2.25. The van der Waals surface area contributed by atoms with E-state index in [1.165, 1.54) is 64.2 Å². The van der Waals surface area contributed by atoms with Gasteiger partial charge in [0.25, 0.3) is 0 Å². The molecule has 0 aromatic heterocycles. The van der Waals surface area contributed by atoms with Gasteiger partial charge in [0, 0.05) is 0 Å². The molecule has 0 aliphatic carbocycles. The monoisotopic (exact) mass is 297 g/mol. The molecule has 1 heteroatoms. The van der Waals surface area contributed by atoms with E-state index in [2.05, 4.69) is 20.8 Å². The lowest BCUT2D eigenvalue weighted by atomic mass is 9.86. The Morgan fingerprint density at radius 3 is 1.24 bits per heavy atom. The number of hydrogen-bond acceptors (Lipinski definition) is 0. The van der Waals surface area contributed by atoms with Gasteiger partial charge < -0.3 is 0 Å². The zero-order chi connectivity index (χ0) is 15.8. The number of rotatable bonds is 16. The van der Waals surface area contributed by atoms with Crippen LogP contribution in [0.3, 0.4) is 0 Å². The average molecular weight is 298 g/mol. The zero-order valence-electron chi connectivity index (χ0n) is 15.2. The molecule has 0 N–H and O–H groups in total. The summed E-state index contributed by atoms with van der Waals surface area (Å²) in [6.45, 7) is 6.67. The Hall–Kier alpha value is -0.0400. The van der Waals surface area contributed by atoms with Crippen molar-refractivity contribution < 1.29 is 5.11 Å². The second-order valence-corrected chi connectivity index (χ2v) is 6.97. The van der Waals surface area contributed by atoms with Gasteiger partial charge in [-0.25, -0.2) is 5.11 Å². The van der Waals surface area contributed by atoms with Gasteiger partial charge in [-0.15, -0.1) is 0 Å². The molecule has 0 aliphatic rings. The van der Waals surface area contributed by atoms with Crippen molar-refractivity contribution in [3.8, 4) is 0 Å². The fourth-order valence-corrected chi connectivity index (χ4v) is 3.29. The molecule has 0 aliphatic heterocycles. The van der Waals surface area contributed by atoms with Gasteiger partial charge in [-0.1, -0.05) is 104 Å². The lowest BCUT2D eigenvalue weighted by molar-refractivity contribution is -0.0545. The maximum Gasteiger partial charge on any atom is 0.104 e. The lowest BCUT2D eigenvalue weighted by Crippen LogP contribution is -2.26. The van der Waals surface area contributed by atoms with Crippen molar-refractivity contribution in [2.45, 2.75) is 129 Å². The predicted molar refractivity (Wildman–Crippen MR) is 94.3 cm³/mol. The third-order valence-corrected chi connectivity index (χ3v) is 4.68. The van der Waals surface area contributed by atoms with Crippen molar-refractivity contribution in [1.82, 2.24) is 0 Å². The van der Waals surface area contributed by atoms with Gasteiger partial charge in [0.1, 0.15) is 5.60 Å². The van der Waals surface area contributed by atoms with E-state index in [-0.39, 0.29) is 0 Å². The fraction of sp³-hybridized carbons (Fsp3) is 1.00. The third-order valence-electron chi connectivity index (χ3n) is 4.68. The standard InChI is InChI=1S/C20H41O/c1-4-7-9-11-13-15-18-20(21,17-6-3)19-16-14-12-10-8-5-2/h4-19H2,1-3H3. The van der Waals surface area contributed by atoms with Crippen molar-refractivity contribution in [3.63, 3.8) is 0 Å². The highest BCUT2D eigenvalue weighted by atomic mass is 16.3. The molecule has 0 rings (SSSR count). The van der Waals surface area contributed by atoms with Crippen molar-refractivity contribution in [2.75, 3.05) is 0 Å². The maximum atomic E-state index is 12.9. The molecule has 1 nitrogen and oxygen atoms in total. The fourth-order valence-electron chi connectivity index (χ4n) is 3.29. The van der Waals surface area contributed by atoms with Crippen LogP contribution < -0.4 is 0 Å². The minimum Gasteiger partial charge on any atom is -0.229 e. The molecule has 0 unspecified atom stereocenters. The van der Waals surface area contributed by atoms with Gasteiger partial charge in [0.15, 0.2) is 0 Å². The quantitative estimate of drug-likeness (QED) is 0.263. The Morgan fingerprint density at radius 1 is 0.476 bits per heavy atom. The Kier molecular flexibility index (Phi) is 14.9. The molecule has 0 spiro atoms. The van der Waals surface area contributed by atoms with Crippen LogP contribution in [0.25, 0.3) is 0 Å². The highest BCUT2D eigenvalue weighted by Gasteiger charge is 2.26. The van der Waals surface area contributed by atoms with Crippen LogP contribution in [-0.4, -0.2) is 5.60 Å². The first kappa shape index (κ1) is 21.0. The number of unbranched alkanes of at least 4 members (excludes halogenated alkanes) is 10. The van der Waals surface area contributed by atoms with Gasteiger partial charge in [0.05, 0.1) is 0 Å². The van der Waals surface area contributed by atoms with Crippen molar-refractivity contribution in [3.05, 3.63) is 0 Å². The van der Waals surface area contributed by atoms with Crippen LogP contribution >= 0.6 is 0 Å². The van der Waals surface area contributed by atoms with Gasteiger partial charge in [0.2, 0.25) is 0 Å². The molecule has 0 saturated heterocycles. The first-order chi connectivity index (χ1) is 10.2. The van der Waals surface area contributed by atoms with Crippen LogP contribution in [0.2, 0.25) is 0 Å². The summed E-state index contributed by atoms with van der Waals surface area (Å²) < 4.78 is 0. The molecule has 0 heterocycles. The SMILES string of the molecule is CCCCCCCCC([O])(CCC)CCCCCCCC. The summed E-state index contributed by atoms with van der Waals surface area (Å²) in [4.78, 5) is 0. The molecule has 0 atom stereocenters. The number of hydrogen-bond donors (Lipinski definition) is 0. The maximum absolute atomic E-state index is 12.9. The average Bonchev–Trinajstić information content (AvgIpc) is 2.47. The molecule has 0 aromatic carbocycles. The molecule has 0 bridgehead atoms. The van der Waals surface area contributed by atoms with Crippen LogP contribution in [-0.2, 0) is 5.11 Å². The second-order valence-electron chi connectivity index (χ2n) is 6.97. The van der Waals surface area contributed by atoms with Crippen molar-refractivity contribution >= 4 is 0 Å². The van der Waals surface area contributed by atoms with E-state index in [9.17, 15) is 5.11 Å². The predicted octanol–water partition coefficient (Wildman–Crippen LogP) is 7.46. The summed E-state index contributed by atoms with van der Waals surface area (Å²) in [7, 11) is 0. The first-order valence-electron chi connectivity index (χ1n) is 9.89. The van der Waals surface area contributed by atoms with Crippen LogP contribution in [0.4, 0.5) is 0 Å². The second kappa shape index (κ2) is 14.9. The Labute approximate surface area is 134 Å². The highest BCUT2D eigenvalue weighted by Crippen LogP contribution is 2.28. The smallest absolute Gasteiger partial charge is 0.104 e. The van der Waals surface area contributed by atoms with E-state index in [0.29, 0.717) is 0 Å². The van der Waals surface area contributed by atoms with Crippen molar-refractivity contribution in [1.29, 1.82) is 0 Å². The molecular weight excluding hydrogens is 256 g/mol. The normalized spacial score (nSPS) is 12.0. The molecule has 0 fully saturated rings. The Balaban J connectivity index is 3.73. The van der Waals surface area contributed by atoms with E-state index in [1.807, 2.05) is 0 Å². The third kappa shape index (κ3) is 13.4. The highest BCUT2D eigenvalue weighted by molar-refractivity contribution is 4.77. The minimum absolute atomic E-state index is 0.607. The molecule has 127 valence electrons. The summed E-state index contributed by atoms with van der Waals surface area (Å²) in [5.74, 6) is 0. The van der Waals surface area contributed by atoms with Gasteiger partial charge in [-0.05, 0) is 19.3 Å². The zero-order valence-corrected chi connectivity index (χ0v) is 15.2. The summed E-state index contributed by atoms with van der Waals surface area (Å²) in [5.41, 5.74) is -0.607. The van der Waals surface area contributed by atoms with Gasteiger partial charge in [-0.3, -0.25) is 0 Å². The van der Waals surface area contributed by atoms with Gasteiger partial charge in [-0.2, -0.15) is 0 Å². The van der Waals surface area contributed by atoms with E-state index >= 15 is 0 Å². The van der Waals surface area contributed by atoms with Crippen molar-refractivity contribution in [2.24, 2.45) is 0 Å². The van der Waals surface area contributed by atoms with Crippen LogP contribution in [0.15, 0.2) is 0 Å². The van der Waals surface area contributed by atoms with E-state index < -0.39 is 5.60 Å². The summed E-state index contributed by atoms with van der Waals surface area (Å²) in [6.07, 6.45) is 19.3. The Bertz CT molecular complexity index is 184. The van der Waals surface area contributed by atoms with E-state index in [0.717, 1.165) is 38.5 Å². The van der Waals surface area contributed by atoms with Crippen LogP contribution in [0, 0.1) is 0 Å². The largest absolute Gasteiger partial charge is 0.229 e. The molecule has 1 radical (unpaired) electrons. The molecule has 0 amide bonds. The van der Waals surface area contributed by atoms with E-state index in [4.69, 9.17) is 0 Å². The Morgan fingerprint density at radius 2 is 0.857 bits per heavy atom.